The third kappa shape index (κ3) is 4.30. The number of amides is 1. The van der Waals surface area contributed by atoms with Gasteiger partial charge in [-0.25, -0.2) is 0 Å². The van der Waals surface area contributed by atoms with E-state index in [-0.39, 0.29) is 18.4 Å². The van der Waals surface area contributed by atoms with Crippen molar-refractivity contribution in [3.05, 3.63) is 30.2 Å². The normalized spacial score (nSPS) is 21.0. The van der Waals surface area contributed by atoms with Gasteiger partial charge in [0.15, 0.2) is 0 Å². The molecule has 1 saturated heterocycles. The van der Waals surface area contributed by atoms with Crippen LogP contribution in [0.4, 0.5) is 5.69 Å². The van der Waals surface area contributed by atoms with Crippen molar-refractivity contribution in [1.82, 2.24) is 15.3 Å². The molecule has 26 heavy (non-hydrogen) atoms. The van der Waals surface area contributed by atoms with Gasteiger partial charge in [0.1, 0.15) is 0 Å². The lowest BCUT2D eigenvalue weighted by atomic mass is 9.94. The number of carbonyl (C=O) groups excluding carboxylic acids is 1. The molecule has 6 nitrogen and oxygen atoms in total. The molecule has 1 amide bonds. The number of aromatic nitrogens is 2. The molecule has 6 heteroatoms. The second kappa shape index (κ2) is 7.19. The van der Waals surface area contributed by atoms with E-state index in [0.29, 0.717) is 5.92 Å². The van der Waals surface area contributed by atoms with Gasteiger partial charge in [-0.3, -0.25) is 14.8 Å². The van der Waals surface area contributed by atoms with E-state index in [4.69, 9.17) is 0 Å². The molecule has 0 spiro atoms. The summed E-state index contributed by atoms with van der Waals surface area (Å²) in [6.45, 7) is 9.13. The van der Waals surface area contributed by atoms with Crippen LogP contribution >= 0.6 is 0 Å². The van der Waals surface area contributed by atoms with Crippen molar-refractivity contribution in [1.29, 1.82) is 0 Å². The van der Waals surface area contributed by atoms with Gasteiger partial charge in [-0.15, -0.1) is 0 Å². The lowest BCUT2D eigenvalue weighted by Crippen LogP contribution is -2.51. The molecule has 0 radical (unpaired) electrons. The summed E-state index contributed by atoms with van der Waals surface area (Å²) in [7, 11) is 0. The number of anilines is 1. The van der Waals surface area contributed by atoms with Gasteiger partial charge in [-0.1, -0.05) is 6.92 Å². The zero-order valence-electron chi connectivity index (χ0n) is 16.0. The number of pyridine rings is 2. The Hall–Kier alpha value is -2.21. The molecule has 1 aliphatic rings. The summed E-state index contributed by atoms with van der Waals surface area (Å²) in [5, 5.41) is 14.0. The van der Waals surface area contributed by atoms with Crippen LogP contribution in [0.3, 0.4) is 0 Å². The Bertz CT molecular complexity index is 800. The molecule has 2 N–H and O–H groups in total. The average molecular weight is 356 g/mol. The lowest BCUT2D eigenvalue weighted by Gasteiger charge is -2.38. The van der Waals surface area contributed by atoms with E-state index < -0.39 is 5.60 Å². The van der Waals surface area contributed by atoms with Crippen LogP contribution in [0.25, 0.3) is 10.9 Å². The monoisotopic (exact) mass is 356 g/mol. The number of hydrogen-bond acceptors (Lipinski definition) is 5. The predicted octanol–water partition coefficient (Wildman–Crippen LogP) is 2.43. The highest BCUT2D eigenvalue weighted by Crippen LogP contribution is 2.30. The van der Waals surface area contributed by atoms with Gasteiger partial charge in [0.05, 0.1) is 35.1 Å². The Morgan fingerprint density at radius 3 is 2.88 bits per heavy atom. The number of aliphatic hydroxyl groups is 1. The summed E-state index contributed by atoms with van der Waals surface area (Å²) < 4.78 is 0. The summed E-state index contributed by atoms with van der Waals surface area (Å²) in [5.41, 5.74) is 1.91. The molecule has 2 unspecified atom stereocenters. The fourth-order valence-corrected chi connectivity index (χ4v) is 3.77. The molecule has 0 bridgehead atoms. The van der Waals surface area contributed by atoms with E-state index in [1.165, 1.54) is 0 Å². The SMILES string of the molecule is Cc1ncc(N2CC(C)CC(NC(=O)CC(C)(C)O)C2)c2cccnc12. The molecule has 3 heterocycles. The summed E-state index contributed by atoms with van der Waals surface area (Å²) in [6, 6.07) is 4.08. The lowest BCUT2D eigenvalue weighted by molar-refractivity contribution is -0.125. The molecule has 0 aromatic carbocycles. The summed E-state index contributed by atoms with van der Waals surface area (Å²) >= 11 is 0. The second-order valence-corrected chi connectivity index (χ2v) is 8.13. The number of nitrogens with one attached hydrogen (secondary N) is 1. The van der Waals surface area contributed by atoms with Gasteiger partial charge in [-0.05, 0) is 45.2 Å². The molecule has 3 rings (SSSR count). The second-order valence-electron chi connectivity index (χ2n) is 8.13. The van der Waals surface area contributed by atoms with Gasteiger partial charge in [0.2, 0.25) is 5.91 Å². The van der Waals surface area contributed by atoms with Crippen LogP contribution in [0.2, 0.25) is 0 Å². The predicted molar refractivity (Wildman–Crippen MR) is 103 cm³/mol. The highest BCUT2D eigenvalue weighted by molar-refractivity contribution is 5.92. The molecule has 1 aliphatic heterocycles. The number of fused-ring (bicyclic) bond motifs is 1. The third-order valence-electron chi connectivity index (χ3n) is 4.77. The van der Waals surface area contributed by atoms with Crippen LogP contribution in [-0.2, 0) is 4.79 Å². The Balaban J connectivity index is 1.81. The van der Waals surface area contributed by atoms with Crippen LogP contribution in [0.15, 0.2) is 24.5 Å². The van der Waals surface area contributed by atoms with E-state index in [1.807, 2.05) is 19.2 Å². The van der Waals surface area contributed by atoms with Crippen LogP contribution in [0.5, 0.6) is 0 Å². The minimum Gasteiger partial charge on any atom is -0.390 e. The van der Waals surface area contributed by atoms with Crippen LogP contribution in [0.1, 0.15) is 39.3 Å². The van der Waals surface area contributed by atoms with Crippen molar-refractivity contribution in [3.63, 3.8) is 0 Å². The molecule has 0 saturated carbocycles. The summed E-state index contributed by atoms with van der Waals surface area (Å²) in [5.74, 6) is 0.342. The standard InChI is InChI=1S/C20H28N4O2/c1-13-8-15(23-18(25)9-20(3,4)26)12-24(11-13)17-10-22-14(2)19-16(17)6-5-7-21-19/h5-7,10,13,15,26H,8-9,11-12H2,1-4H3,(H,23,25). The van der Waals surface area contributed by atoms with Crippen molar-refractivity contribution in [3.8, 4) is 0 Å². The maximum Gasteiger partial charge on any atom is 0.223 e. The van der Waals surface area contributed by atoms with E-state index in [0.717, 1.165) is 41.8 Å². The quantitative estimate of drug-likeness (QED) is 0.880. The minimum atomic E-state index is -0.993. The number of rotatable bonds is 4. The molecule has 2 aromatic rings. The first-order chi connectivity index (χ1) is 12.2. The number of nitrogens with zero attached hydrogens (tertiary/aromatic N) is 3. The van der Waals surface area contributed by atoms with Gasteiger partial charge < -0.3 is 15.3 Å². The van der Waals surface area contributed by atoms with Gasteiger partial charge in [-0.2, -0.15) is 0 Å². The first-order valence-electron chi connectivity index (χ1n) is 9.20. The molecule has 1 fully saturated rings. The molecule has 0 aliphatic carbocycles. The van der Waals surface area contributed by atoms with Crippen molar-refractivity contribution in [2.45, 2.75) is 52.2 Å². The number of piperidine rings is 1. The maximum absolute atomic E-state index is 12.2. The van der Waals surface area contributed by atoms with Crippen molar-refractivity contribution < 1.29 is 9.90 Å². The largest absolute Gasteiger partial charge is 0.390 e. The maximum atomic E-state index is 12.2. The molecule has 140 valence electrons. The zero-order valence-corrected chi connectivity index (χ0v) is 16.0. The summed E-state index contributed by atoms with van der Waals surface area (Å²) in [6.07, 6.45) is 4.74. The van der Waals surface area contributed by atoms with Crippen molar-refractivity contribution >= 4 is 22.5 Å². The van der Waals surface area contributed by atoms with E-state index in [2.05, 4.69) is 33.2 Å². The van der Waals surface area contributed by atoms with E-state index in [9.17, 15) is 9.90 Å². The van der Waals surface area contributed by atoms with Crippen LogP contribution in [-0.4, -0.2) is 45.7 Å². The molecule has 2 atom stereocenters. The fraction of sp³-hybridized carbons (Fsp3) is 0.550. The Morgan fingerprint density at radius 1 is 1.38 bits per heavy atom. The Kier molecular flexibility index (Phi) is 5.14. The smallest absolute Gasteiger partial charge is 0.223 e. The molecular weight excluding hydrogens is 328 g/mol. The number of aryl methyl sites for hydroxylation is 1. The first-order valence-corrected chi connectivity index (χ1v) is 9.20. The van der Waals surface area contributed by atoms with Crippen LogP contribution < -0.4 is 10.2 Å². The van der Waals surface area contributed by atoms with Crippen molar-refractivity contribution in [2.75, 3.05) is 18.0 Å². The number of carbonyl (C=O) groups is 1. The highest BCUT2D eigenvalue weighted by Gasteiger charge is 2.28. The van der Waals surface area contributed by atoms with Gasteiger partial charge >= 0.3 is 0 Å². The minimum absolute atomic E-state index is 0.0571. The van der Waals surface area contributed by atoms with Crippen LogP contribution in [0, 0.1) is 12.8 Å². The highest BCUT2D eigenvalue weighted by atomic mass is 16.3. The molecule has 2 aromatic heterocycles. The zero-order chi connectivity index (χ0) is 18.9. The van der Waals surface area contributed by atoms with E-state index >= 15 is 0 Å². The molecular formula is C20H28N4O2. The average Bonchev–Trinajstić information content (AvgIpc) is 2.53. The fourth-order valence-electron chi connectivity index (χ4n) is 3.77. The third-order valence-corrected chi connectivity index (χ3v) is 4.77. The van der Waals surface area contributed by atoms with Gasteiger partial charge in [0, 0.05) is 30.7 Å². The summed E-state index contributed by atoms with van der Waals surface area (Å²) in [4.78, 5) is 23.5. The Labute approximate surface area is 154 Å². The van der Waals surface area contributed by atoms with E-state index in [1.54, 1.807) is 20.0 Å². The van der Waals surface area contributed by atoms with Gasteiger partial charge in [0.25, 0.3) is 0 Å². The van der Waals surface area contributed by atoms with Crippen molar-refractivity contribution in [2.24, 2.45) is 5.92 Å². The first kappa shape index (κ1) is 18.6. The Morgan fingerprint density at radius 2 is 2.15 bits per heavy atom. The topological polar surface area (TPSA) is 78.4 Å². The number of hydrogen-bond donors (Lipinski definition) is 2.